The number of rotatable bonds is 4. The number of H-pyrrole nitrogens is 1. The fourth-order valence-corrected chi connectivity index (χ4v) is 6.28. The number of nitrogens with two attached hydrogens (primary N) is 1. The molecule has 2 aliphatic carbocycles. The standard InChI is InChI=1S/C27H35N7O4/c28-18-6-4-17(5-7-18)26(36)33-10-8-16(9-11-33)23-22-24(31-30-23)19-2-1-3-20(21(19)25(22)35)29-27(37)32-34-12-14-38-15-13-34/h1-3,16-18H,4-15,28H2,(H,30,31)(H2,29,32,37). The molecule has 1 aromatic heterocycles. The van der Waals surface area contributed by atoms with E-state index in [2.05, 4.69) is 20.9 Å². The van der Waals surface area contributed by atoms with E-state index in [9.17, 15) is 14.4 Å². The zero-order valence-electron chi connectivity index (χ0n) is 21.5. The SMILES string of the molecule is NC1CCC(C(=O)N2CCC(c3n[nH]c4c3C(=O)c3c(NC(=O)NN5CCOCC5)cccc3-4)CC2)CC1. The molecule has 0 atom stereocenters. The molecule has 0 bridgehead atoms. The smallest absolute Gasteiger partial charge is 0.333 e. The lowest BCUT2D eigenvalue weighted by atomic mass is 9.84. The molecule has 3 heterocycles. The summed E-state index contributed by atoms with van der Waals surface area (Å²) in [7, 11) is 0. The Bertz CT molecular complexity index is 1220. The van der Waals surface area contributed by atoms with E-state index in [0.29, 0.717) is 61.9 Å². The van der Waals surface area contributed by atoms with Crippen LogP contribution in [-0.4, -0.2) is 83.3 Å². The molecule has 5 N–H and O–H groups in total. The molecule has 11 nitrogen and oxygen atoms in total. The highest BCUT2D eigenvalue weighted by molar-refractivity contribution is 6.25. The molecule has 0 spiro atoms. The lowest BCUT2D eigenvalue weighted by Gasteiger charge is -2.35. The zero-order valence-corrected chi connectivity index (χ0v) is 21.5. The average molecular weight is 522 g/mol. The fourth-order valence-electron chi connectivity index (χ4n) is 6.28. The van der Waals surface area contributed by atoms with Crippen LogP contribution in [-0.2, 0) is 9.53 Å². The molecular weight excluding hydrogens is 486 g/mol. The van der Waals surface area contributed by atoms with Crippen molar-refractivity contribution in [3.8, 4) is 11.3 Å². The van der Waals surface area contributed by atoms with Crippen LogP contribution in [0.2, 0.25) is 0 Å². The van der Waals surface area contributed by atoms with Crippen molar-refractivity contribution in [2.24, 2.45) is 11.7 Å². The summed E-state index contributed by atoms with van der Waals surface area (Å²) in [4.78, 5) is 41.4. The van der Waals surface area contributed by atoms with E-state index in [1.807, 2.05) is 17.0 Å². The van der Waals surface area contributed by atoms with Gasteiger partial charge < -0.3 is 20.7 Å². The van der Waals surface area contributed by atoms with Crippen molar-refractivity contribution in [1.82, 2.24) is 25.5 Å². The largest absolute Gasteiger partial charge is 0.379 e. The van der Waals surface area contributed by atoms with E-state index in [1.165, 1.54) is 0 Å². The van der Waals surface area contributed by atoms with Crippen LogP contribution < -0.4 is 16.5 Å². The van der Waals surface area contributed by atoms with E-state index in [1.54, 1.807) is 11.1 Å². The molecule has 202 valence electrons. The van der Waals surface area contributed by atoms with Crippen LogP contribution in [0.15, 0.2) is 18.2 Å². The first-order valence-electron chi connectivity index (χ1n) is 13.7. The summed E-state index contributed by atoms with van der Waals surface area (Å²) in [6, 6.07) is 5.29. The van der Waals surface area contributed by atoms with Gasteiger partial charge in [-0.1, -0.05) is 12.1 Å². The topological polar surface area (TPSA) is 146 Å². The number of aromatic amines is 1. The van der Waals surface area contributed by atoms with E-state index in [0.717, 1.165) is 49.8 Å². The van der Waals surface area contributed by atoms with Crippen LogP contribution in [0.1, 0.15) is 66.1 Å². The molecule has 11 heteroatoms. The quantitative estimate of drug-likeness (QED) is 0.412. The van der Waals surface area contributed by atoms with Crippen molar-refractivity contribution in [3.05, 3.63) is 35.0 Å². The van der Waals surface area contributed by atoms with Gasteiger partial charge in [0.2, 0.25) is 5.91 Å². The number of ether oxygens (including phenoxy) is 1. The van der Waals surface area contributed by atoms with E-state index < -0.39 is 0 Å². The lowest BCUT2D eigenvalue weighted by Crippen LogP contribution is -2.49. The number of benzene rings is 1. The molecule has 3 fully saturated rings. The third-order valence-electron chi connectivity index (χ3n) is 8.42. The van der Waals surface area contributed by atoms with Crippen molar-refractivity contribution >= 4 is 23.4 Å². The maximum Gasteiger partial charge on any atom is 0.333 e. The molecule has 1 saturated carbocycles. The van der Waals surface area contributed by atoms with Crippen LogP contribution in [0.5, 0.6) is 0 Å². The number of hydrogen-bond donors (Lipinski definition) is 4. The highest BCUT2D eigenvalue weighted by atomic mass is 16.5. The number of nitrogens with zero attached hydrogens (tertiary/aromatic N) is 3. The predicted molar refractivity (Wildman–Crippen MR) is 140 cm³/mol. The first-order chi connectivity index (χ1) is 18.5. The van der Waals surface area contributed by atoms with Crippen molar-refractivity contribution in [3.63, 3.8) is 0 Å². The number of fused-ring (bicyclic) bond motifs is 3. The fraction of sp³-hybridized carbons (Fsp3) is 0.556. The second-order valence-electron chi connectivity index (χ2n) is 10.8. The minimum atomic E-state index is -0.390. The monoisotopic (exact) mass is 521 g/mol. The van der Waals surface area contributed by atoms with Crippen LogP contribution >= 0.6 is 0 Å². The van der Waals surface area contributed by atoms with Gasteiger partial charge in [0, 0.05) is 49.6 Å². The first kappa shape index (κ1) is 25.0. The number of anilines is 1. The molecule has 0 radical (unpaired) electrons. The highest BCUT2D eigenvalue weighted by Crippen LogP contribution is 2.43. The average Bonchev–Trinajstić information content (AvgIpc) is 3.49. The second kappa shape index (κ2) is 10.5. The summed E-state index contributed by atoms with van der Waals surface area (Å²) in [6.45, 7) is 3.68. The molecule has 2 aromatic rings. The Balaban J connectivity index is 1.13. The van der Waals surface area contributed by atoms with E-state index >= 15 is 0 Å². The Morgan fingerprint density at radius 2 is 1.74 bits per heavy atom. The van der Waals surface area contributed by atoms with Gasteiger partial charge in [-0.2, -0.15) is 5.10 Å². The van der Waals surface area contributed by atoms with E-state index in [-0.39, 0.29) is 35.6 Å². The van der Waals surface area contributed by atoms with Crippen LogP contribution in [0.4, 0.5) is 10.5 Å². The Morgan fingerprint density at radius 3 is 2.47 bits per heavy atom. The van der Waals surface area contributed by atoms with Crippen LogP contribution in [0, 0.1) is 5.92 Å². The van der Waals surface area contributed by atoms with Crippen LogP contribution in [0.25, 0.3) is 11.3 Å². The minimum absolute atomic E-state index is 0.0865. The number of nitrogens with one attached hydrogen (secondary N) is 3. The highest BCUT2D eigenvalue weighted by Gasteiger charge is 2.38. The molecule has 2 saturated heterocycles. The normalized spacial score (nSPS) is 24.1. The van der Waals surface area contributed by atoms with Crippen LogP contribution in [0.3, 0.4) is 0 Å². The van der Waals surface area contributed by atoms with Gasteiger partial charge in [0.1, 0.15) is 0 Å². The maximum atomic E-state index is 13.7. The molecular formula is C27H35N7O4. The number of amides is 3. The van der Waals surface area contributed by atoms with Gasteiger partial charge in [-0.05, 0) is 44.6 Å². The number of morpholine rings is 1. The minimum Gasteiger partial charge on any atom is -0.379 e. The number of carbonyl (C=O) groups excluding carboxylic acids is 3. The Morgan fingerprint density at radius 1 is 1.00 bits per heavy atom. The molecule has 3 amide bonds. The summed E-state index contributed by atoms with van der Waals surface area (Å²) >= 11 is 0. The molecule has 0 unspecified atom stereocenters. The van der Waals surface area contributed by atoms with Gasteiger partial charge in [-0.15, -0.1) is 0 Å². The number of hydrogen-bond acceptors (Lipinski definition) is 7. The molecule has 2 aliphatic heterocycles. The van der Waals surface area contributed by atoms with E-state index in [4.69, 9.17) is 10.5 Å². The zero-order chi connectivity index (χ0) is 26.2. The lowest BCUT2D eigenvalue weighted by molar-refractivity contribution is -0.137. The van der Waals surface area contributed by atoms with Crippen molar-refractivity contribution in [1.29, 1.82) is 0 Å². The number of aromatic nitrogens is 2. The summed E-state index contributed by atoms with van der Waals surface area (Å²) in [6.07, 6.45) is 5.13. The number of piperidine rings is 1. The summed E-state index contributed by atoms with van der Waals surface area (Å²) < 4.78 is 5.32. The Labute approximate surface area is 221 Å². The summed E-state index contributed by atoms with van der Waals surface area (Å²) in [5.74, 6) is 0.303. The van der Waals surface area contributed by atoms with Gasteiger partial charge in [0.15, 0.2) is 5.78 Å². The number of carbonyl (C=O) groups is 3. The number of urea groups is 1. The predicted octanol–water partition coefficient (Wildman–Crippen LogP) is 2.21. The second-order valence-corrected chi connectivity index (χ2v) is 10.8. The van der Waals surface area contributed by atoms with Crippen molar-refractivity contribution in [2.45, 2.75) is 50.5 Å². The van der Waals surface area contributed by atoms with Gasteiger partial charge in [0.05, 0.1) is 41.4 Å². The molecule has 4 aliphatic rings. The third-order valence-corrected chi connectivity index (χ3v) is 8.42. The third kappa shape index (κ3) is 4.70. The van der Waals surface area contributed by atoms with Gasteiger partial charge in [-0.3, -0.25) is 20.1 Å². The van der Waals surface area contributed by atoms with Gasteiger partial charge in [-0.25, -0.2) is 9.80 Å². The molecule has 1 aromatic carbocycles. The number of likely N-dealkylation sites (tertiary alicyclic amines) is 1. The first-order valence-corrected chi connectivity index (χ1v) is 13.7. The number of ketones is 1. The summed E-state index contributed by atoms with van der Waals surface area (Å²) in [5, 5.41) is 12.3. The maximum absolute atomic E-state index is 13.7. The van der Waals surface area contributed by atoms with Gasteiger partial charge >= 0.3 is 6.03 Å². The number of hydrazine groups is 1. The van der Waals surface area contributed by atoms with Crippen molar-refractivity contribution in [2.75, 3.05) is 44.7 Å². The molecule has 38 heavy (non-hydrogen) atoms. The van der Waals surface area contributed by atoms with Crippen molar-refractivity contribution < 1.29 is 19.1 Å². The van der Waals surface area contributed by atoms with Gasteiger partial charge in [0.25, 0.3) is 0 Å². The molecule has 6 rings (SSSR count). The Hall–Kier alpha value is -3.28. The summed E-state index contributed by atoms with van der Waals surface area (Å²) in [5.41, 5.74) is 12.6. The Kier molecular flexibility index (Phi) is 6.89.